The second-order valence-corrected chi connectivity index (χ2v) is 3.96. The van der Waals surface area contributed by atoms with Gasteiger partial charge in [-0.1, -0.05) is 30.3 Å². The van der Waals surface area contributed by atoms with Crippen molar-refractivity contribution in [3.05, 3.63) is 65.7 Å². The zero-order chi connectivity index (χ0) is 12.8. The van der Waals surface area contributed by atoms with Crippen molar-refractivity contribution >= 4 is 6.41 Å². The van der Waals surface area contributed by atoms with Gasteiger partial charge in [-0.2, -0.15) is 0 Å². The molecule has 92 valence electrons. The Balaban J connectivity index is 2.01. The van der Waals surface area contributed by atoms with E-state index in [0.717, 1.165) is 18.2 Å². The molecule has 0 saturated heterocycles. The molecular weight excluding hydrogens is 231 g/mol. The summed E-state index contributed by atoms with van der Waals surface area (Å²) in [6.45, 7) is 0.891. The highest BCUT2D eigenvalue weighted by molar-refractivity contribution is 5.47. The van der Waals surface area contributed by atoms with Crippen molar-refractivity contribution in [1.29, 1.82) is 0 Å². The lowest BCUT2D eigenvalue weighted by atomic mass is 10.2. The summed E-state index contributed by atoms with van der Waals surface area (Å²) in [6.07, 6.45) is 1.93. The second kappa shape index (κ2) is 5.91. The van der Waals surface area contributed by atoms with Gasteiger partial charge in [-0.15, -0.1) is 0 Å². The van der Waals surface area contributed by atoms with Crippen LogP contribution in [-0.2, 0) is 17.9 Å². The first-order valence-electron chi connectivity index (χ1n) is 5.61. The smallest absolute Gasteiger partial charge is 0.210 e. The predicted molar refractivity (Wildman–Crippen MR) is 65.9 cm³/mol. The molecule has 0 N–H and O–H groups in total. The van der Waals surface area contributed by atoms with Gasteiger partial charge < -0.3 is 4.90 Å². The van der Waals surface area contributed by atoms with E-state index in [4.69, 9.17) is 0 Å². The molecule has 1 heterocycles. The van der Waals surface area contributed by atoms with Crippen molar-refractivity contribution in [3.63, 3.8) is 0 Å². The Kier molecular flexibility index (Phi) is 4.02. The molecule has 0 spiro atoms. The van der Waals surface area contributed by atoms with Crippen LogP contribution in [0.2, 0.25) is 0 Å². The minimum atomic E-state index is -0.375. The van der Waals surface area contributed by atoms with Crippen molar-refractivity contribution in [3.8, 4) is 0 Å². The number of nitrogens with zero attached hydrogens (tertiary/aromatic N) is 2. The maximum atomic E-state index is 12.7. The van der Waals surface area contributed by atoms with Gasteiger partial charge in [-0.3, -0.25) is 9.78 Å². The molecule has 0 saturated carbocycles. The van der Waals surface area contributed by atoms with Crippen molar-refractivity contribution < 1.29 is 9.18 Å². The van der Waals surface area contributed by atoms with E-state index in [0.29, 0.717) is 18.8 Å². The van der Waals surface area contributed by atoms with Crippen molar-refractivity contribution in [2.24, 2.45) is 0 Å². The number of rotatable bonds is 5. The molecular formula is C14H13FN2O. The summed E-state index contributed by atoms with van der Waals surface area (Å²) in [6, 6.07) is 12.6. The van der Waals surface area contributed by atoms with Crippen LogP contribution in [0.1, 0.15) is 11.3 Å². The number of amides is 1. The number of carbonyl (C=O) groups is 1. The van der Waals surface area contributed by atoms with Gasteiger partial charge in [0.05, 0.1) is 18.4 Å². The van der Waals surface area contributed by atoms with Gasteiger partial charge in [0.25, 0.3) is 0 Å². The maximum absolute atomic E-state index is 12.7. The van der Waals surface area contributed by atoms with Crippen LogP contribution in [0.25, 0.3) is 0 Å². The summed E-state index contributed by atoms with van der Waals surface area (Å²) in [7, 11) is 0. The zero-order valence-corrected chi connectivity index (χ0v) is 9.79. The number of hydrogen-bond donors (Lipinski definition) is 0. The number of benzene rings is 1. The van der Waals surface area contributed by atoms with Crippen LogP contribution in [-0.4, -0.2) is 16.3 Å². The molecule has 0 aliphatic carbocycles. The largest absolute Gasteiger partial charge is 0.335 e. The molecule has 0 atom stereocenters. The summed E-state index contributed by atoms with van der Waals surface area (Å²) < 4.78 is 12.7. The van der Waals surface area contributed by atoms with Gasteiger partial charge in [0, 0.05) is 6.54 Å². The lowest BCUT2D eigenvalue weighted by Crippen LogP contribution is -2.21. The third-order valence-corrected chi connectivity index (χ3v) is 2.53. The fraction of sp³-hybridized carbons (Fsp3) is 0.143. The summed E-state index contributed by atoms with van der Waals surface area (Å²) >= 11 is 0. The van der Waals surface area contributed by atoms with E-state index < -0.39 is 0 Å². The van der Waals surface area contributed by atoms with Crippen LogP contribution < -0.4 is 0 Å². The SMILES string of the molecule is O=CN(Cc1ccccc1)Cc1ccc(F)cn1. The van der Waals surface area contributed by atoms with Crippen LogP contribution in [0.4, 0.5) is 4.39 Å². The van der Waals surface area contributed by atoms with Crippen molar-refractivity contribution in [2.75, 3.05) is 0 Å². The highest BCUT2D eigenvalue weighted by Gasteiger charge is 2.05. The standard InChI is InChI=1S/C14H13FN2O/c15-13-6-7-14(16-8-13)10-17(11-18)9-12-4-2-1-3-5-12/h1-8,11H,9-10H2. The molecule has 4 heteroatoms. The second-order valence-electron chi connectivity index (χ2n) is 3.96. The third kappa shape index (κ3) is 3.38. The van der Waals surface area contributed by atoms with Gasteiger partial charge >= 0.3 is 0 Å². The highest BCUT2D eigenvalue weighted by Crippen LogP contribution is 2.07. The van der Waals surface area contributed by atoms with Gasteiger partial charge in [-0.05, 0) is 17.7 Å². The average Bonchev–Trinajstić information content (AvgIpc) is 2.41. The Labute approximate surface area is 105 Å². The Morgan fingerprint density at radius 3 is 2.50 bits per heavy atom. The molecule has 0 unspecified atom stereocenters. The molecule has 2 rings (SSSR count). The Hall–Kier alpha value is -2.23. The quantitative estimate of drug-likeness (QED) is 0.756. The summed E-state index contributed by atoms with van der Waals surface area (Å²) in [4.78, 5) is 16.5. The molecule has 1 aromatic carbocycles. The van der Waals surface area contributed by atoms with E-state index in [1.807, 2.05) is 30.3 Å². The molecule has 2 aromatic rings. The van der Waals surface area contributed by atoms with Gasteiger partial charge in [-0.25, -0.2) is 4.39 Å². The molecule has 0 aliphatic heterocycles. The van der Waals surface area contributed by atoms with Crippen LogP contribution >= 0.6 is 0 Å². The molecule has 1 aromatic heterocycles. The van der Waals surface area contributed by atoms with Gasteiger partial charge in [0.2, 0.25) is 6.41 Å². The Morgan fingerprint density at radius 2 is 1.89 bits per heavy atom. The van der Waals surface area contributed by atoms with Crippen molar-refractivity contribution in [1.82, 2.24) is 9.88 Å². The first-order valence-corrected chi connectivity index (χ1v) is 5.61. The first kappa shape index (κ1) is 12.2. The molecule has 0 radical (unpaired) electrons. The monoisotopic (exact) mass is 244 g/mol. The van der Waals surface area contributed by atoms with E-state index >= 15 is 0 Å². The van der Waals surface area contributed by atoms with Crippen molar-refractivity contribution in [2.45, 2.75) is 13.1 Å². The first-order chi connectivity index (χ1) is 8.78. The number of carbonyl (C=O) groups excluding carboxylic acids is 1. The zero-order valence-electron chi connectivity index (χ0n) is 9.79. The summed E-state index contributed by atoms with van der Waals surface area (Å²) in [5, 5.41) is 0. The van der Waals surface area contributed by atoms with Gasteiger partial charge in [0.1, 0.15) is 5.82 Å². The van der Waals surface area contributed by atoms with Crippen LogP contribution in [0.3, 0.4) is 0 Å². The summed E-state index contributed by atoms with van der Waals surface area (Å²) in [5.41, 5.74) is 1.71. The van der Waals surface area contributed by atoms with E-state index in [2.05, 4.69) is 4.98 Å². The van der Waals surface area contributed by atoms with Crippen LogP contribution in [0.15, 0.2) is 48.7 Å². The Bertz CT molecular complexity index is 499. The van der Waals surface area contributed by atoms with E-state index in [-0.39, 0.29) is 5.82 Å². The molecule has 18 heavy (non-hydrogen) atoms. The number of pyridine rings is 1. The van der Waals surface area contributed by atoms with E-state index in [1.54, 1.807) is 11.0 Å². The summed E-state index contributed by atoms with van der Waals surface area (Å²) in [5.74, 6) is -0.375. The van der Waals surface area contributed by atoms with Crippen LogP contribution in [0, 0.1) is 5.82 Å². The predicted octanol–water partition coefficient (Wildman–Crippen LogP) is 2.38. The van der Waals surface area contributed by atoms with Gasteiger partial charge in [0.15, 0.2) is 0 Å². The normalized spacial score (nSPS) is 10.1. The number of halogens is 1. The molecule has 0 bridgehead atoms. The third-order valence-electron chi connectivity index (χ3n) is 2.53. The minimum Gasteiger partial charge on any atom is -0.335 e. The van der Waals surface area contributed by atoms with Crippen LogP contribution in [0.5, 0.6) is 0 Å². The maximum Gasteiger partial charge on any atom is 0.210 e. The molecule has 0 fully saturated rings. The average molecular weight is 244 g/mol. The molecule has 0 aliphatic rings. The number of aromatic nitrogens is 1. The van der Waals surface area contributed by atoms with E-state index in [1.165, 1.54) is 6.07 Å². The topological polar surface area (TPSA) is 33.2 Å². The number of hydrogen-bond acceptors (Lipinski definition) is 2. The molecule has 3 nitrogen and oxygen atoms in total. The lowest BCUT2D eigenvalue weighted by molar-refractivity contribution is -0.119. The fourth-order valence-electron chi connectivity index (χ4n) is 1.66. The Morgan fingerprint density at radius 1 is 1.11 bits per heavy atom. The minimum absolute atomic E-state index is 0.374. The highest BCUT2D eigenvalue weighted by atomic mass is 19.1. The lowest BCUT2D eigenvalue weighted by Gasteiger charge is -2.16. The molecule has 1 amide bonds. The van der Waals surface area contributed by atoms with E-state index in [9.17, 15) is 9.18 Å². The fourth-order valence-corrected chi connectivity index (χ4v) is 1.66.